The molecule has 0 N–H and O–H groups in total. The summed E-state index contributed by atoms with van der Waals surface area (Å²) in [5, 5.41) is 10.4. The van der Waals surface area contributed by atoms with E-state index in [1.54, 1.807) is 6.92 Å². The number of carbonyl (C=O) groups excluding carboxylic acids is 1. The Balaban J connectivity index is 0.00000144. The fourth-order valence-corrected chi connectivity index (χ4v) is 0.979. The molecule has 0 saturated carbocycles. The van der Waals surface area contributed by atoms with Crippen LogP contribution in [0.2, 0.25) is 5.15 Å². The van der Waals surface area contributed by atoms with Crippen LogP contribution in [0.5, 0.6) is 0 Å². The quantitative estimate of drug-likeness (QED) is 0.364. The predicted molar refractivity (Wildman–Crippen MR) is 40.5 cm³/mol. The molecule has 0 atom stereocenters. The Morgan fingerprint density at radius 2 is 2.31 bits per heavy atom. The van der Waals surface area contributed by atoms with Crippen LogP contribution in [0.4, 0.5) is 0 Å². The molecule has 1 aromatic rings. The molecule has 0 fully saturated rings. The van der Waals surface area contributed by atoms with Crippen molar-refractivity contribution in [3.8, 4) is 0 Å². The van der Waals surface area contributed by atoms with Crippen LogP contribution in [0.25, 0.3) is 0 Å². The number of aliphatic carboxylic acids is 1. The molecule has 0 spiro atoms. The Bertz CT molecular complexity index is 319. The van der Waals surface area contributed by atoms with E-state index in [-0.39, 0.29) is 30.4 Å². The van der Waals surface area contributed by atoms with Gasteiger partial charge in [-0.1, -0.05) is 11.6 Å². The zero-order valence-electron chi connectivity index (χ0n) is 7.37. The summed E-state index contributed by atoms with van der Waals surface area (Å²) in [4.78, 5) is 17.8. The Labute approximate surface area is 92.5 Å². The molecular weight excluding hydrogens is 186 g/mol. The Morgan fingerprint density at radius 1 is 1.69 bits per heavy atom. The molecule has 0 aliphatic heterocycles. The SMILES string of the molecule is Cc1ncc(CC(=O)[O-])c(Cl)n1.[Li+]. The third-order valence-corrected chi connectivity index (χ3v) is 1.59. The van der Waals surface area contributed by atoms with E-state index in [0.717, 1.165) is 0 Å². The van der Waals surface area contributed by atoms with E-state index in [0.29, 0.717) is 11.4 Å². The topological polar surface area (TPSA) is 65.9 Å². The molecule has 4 nitrogen and oxygen atoms in total. The molecule has 0 amide bonds. The van der Waals surface area contributed by atoms with Crippen LogP contribution < -0.4 is 24.0 Å². The van der Waals surface area contributed by atoms with E-state index in [4.69, 9.17) is 11.6 Å². The van der Waals surface area contributed by atoms with Crippen LogP contribution in [-0.2, 0) is 11.2 Å². The molecule has 0 aromatic carbocycles. The van der Waals surface area contributed by atoms with Gasteiger partial charge in [-0.3, -0.25) is 0 Å². The monoisotopic (exact) mass is 192 g/mol. The van der Waals surface area contributed by atoms with E-state index < -0.39 is 5.97 Å². The first-order valence-electron chi connectivity index (χ1n) is 3.27. The molecule has 64 valence electrons. The van der Waals surface area contributed by atoms with Gasteiger partial charge in [0.05, 0.1) is 0 Å². The molecule has 1 heterocycles. The molecule has 0 bridgehead atoms. The largest absolute Gasteiger partial charge is 1.00 e. The molecular formula is C7H6ClLiN2O2. The minimum atomic E-state index is -1.19. The standard InChI is InChI=1S/C7H7ClN2O2.Li/c1-4-9-3-5(2-6(11)12)7(8)10-4;/h3H,2H2,1H3,(H,11,12);/q;+1/p-1. The number of carboxylic acid groups (broad SMARTS) is 1. The zero-order chi connectivity index (χ0) is 9.14. The van der Waals surface area contributed by atoms with Crippen molar-refractivity contribution < 1.29 is 28.8 Å². The smallest absolute Gasteiger partial charge is 0.550 e. The zero-order valence-corrected chi connectivity index (χ0v) is 8.13. The fourth-order valence-electron chi connectivity index (χ4n) is 0.741. The summed E-state index contributed by atoms with van der Waals surface area (Å²) < 4.78 is 0. The first-order valence-corrected chi connectivity index (χ1v) is 3.65. The number of hydrogen-bond acceptors (Lipinski definition) is 4. The van der Waals surface area contributed by atoms with Crippen molar-refractivity contribution in [2.45, 2.75) is 13.3 Å². The summed E-state index contributed by atoms with van der Waals surface area (Å²) in [6.07, 6.45) is 1.14. The molecule has 1 rings (SSSR count). The Kier molecular flexibility index (Phi) is 5.00. The molecule has 0 aliphatic rings. The summed E-state index contributed by atoms with van der Waals surface area (Å²) in [6, 6.07) is 0. The van der Waals surface area contributed by atoms with E-state index in [1.165, 1.54) is 6.20 Å². The van der Waals surface area contributed by atoms with Crippen molar-refractivity contribution in [1.82, 2.24) is 9.97 Å². The van der Waals surface area contributed by atoms with Crippen molar-refractivity contribution in [1.29, 1.82) is 0 Å². The number of rotatable bonds is 2. The average molecular weight is 193 g/mol. The molecule has 6 heteroatoms. The van der Waals surface area contributed by atoms with Crippen molar-refractivity contribution in [2.75, 3.05) is 0 Å². The second-order valence-corrected chi connectivity index (χ2v) is 2.64. The van der Waals surface area contributed by atoms with Crippen molar-refractivity contribution in [3.05, 3.63) is 22.7 Å². The van der Waals surface area contributed by atoms with E-state index in [9.17, 15) is 9.90 Å². The second-order valence-electron chi connectivity index (χ2n) is 2.28. The summed E-state index contributed by atoms with van der Waals surface area (Å²) in [5.74, 6) is -0.675. The number of carbonyl (C=O) groups is 1. The van der Waals surface area contributed by atoms with E-state index in [2.05, 4.69) is 9.97 Å². The van der Waals surface area contributed by atoms with Gasteiger partial charge >= 0.3 is 18.9 Å². The normalized spacial score (nSPS) is 9.08. The maximum Gasteiger partial charge on any atom is 1.00 e. The number of nitrogens with zero attached hydrogens (tertiary/aromatic N) is 2. The molecule has 13 heavy (non-hydrogen) atoms. The molecule has 1 aromatic heterocycles. The number of aryl methyl sites for hydroxylation is 1. The number of aromatic nitrogens is 2. The summed E-state index contributed by atoms with van der Waals surface area (Å²) in [7, 11) is 0. The Morgan fingerprint density at radius 3 is 2.77 bits per heavy atom. The third kappa shape index (κ3) is 3.77. The number of halogens is 1. The summed E-state index contributed by atoms with van der Waals surface area (Å²) >= 11 is 5.63. The third-order valence-electron chi connectivity index (χ3n) is 1.27. The molecule has 0 unspecified atom stereocenters. The van der Waals surface area contributed by atoms with Crippen LogP contribution in [0.1, 0.15) is 11.4 Å². The maximum absolute atomic E-state index is 10.2. The van der Waals surface area contributed by atoms with Gasteiger partial charge in [0.25, 0.3) is 0 Å². The molecule has 0 radical (unpaired) electrons. The predicted octanol–water partition coefficient (Wildman–Crippen LogP) is -3.27. The minimum absolute atomic E-state index is 0. The Hall–Kier alpha value is -0.563. The van der Waals surface area contributed by atoms with Crippen LogP contribution in [-0.4, -0.2) is 15.9 Å². The van der Waals surface area contributed by atoms with Gasteiger partial charge in [-0.05, 0) is 6.92 Å². The van der Waals surface area contributed by atoms with Gasteiger partial charge in [0.1, 0.15) is 11.0 Å². The minimum Gasteiger partial charge on any atom is -0.550 e. The number of carboxylic acids is 1. The van der Waals surface area contributed by atoms with Gasteiger partial charge in [-0.15, -0.1) is 0 Å². The first kappa shape index (κ1) is 12.4. The van der Waals surface area contributed by atoms with Crippen LogP contribution in [0, 0.1) is 6.92 Å². The fraction of sp³-hybridized carbons (Fsp3) is 0.286. The maximum atomic E-state index is 10.2. The summed E-state index contributed by atoms with van der Waals surface area (Å²) in [5.41, 5.74) is 0.377. The van der Waals surface area contributed by atoms with E-state index >= 15 is 0 Å². The van der Waals surface area contributed by atoms with Gasteiger partial charge in [-0.2, -0.15) is 0 Å². The van der Waals surface area contributed by atoms with E-state index in [1.807, 2.05) is 0 Å². The molecule has 0 saturated heterocycles. The van der Waals surface area contributed by atoms with Crippen LogP contribution in [0.3, 0.4) is 0 Å². The van der Waals surface area contributed by atoms with Gasteiger partial charge in [0, 0.05) is 24.2 Å². The van der Waals surface area contributed by atoms with Crippen LogP contribution in [0.15, 0.2) is 6.20 Å². The van der Waals surface area contributed by atoms with Crippen LogP contribution >= 0.6 is 11.6 Å². The second kappa shape index (κ2) is 5.23. The van der Waals surface area contributed by atoms with Gasteiger partial charge < -0.3 is 9.90 Å². The van der Waals surface area contributed by atoms with Gasteiger partial charge in [0.15, 0.2) is 0 Å². The first-order chi connectivity index (χ1) is 5.59. The summed E-state index contributed by atoms with van der Waals surface area (Å²) in [6.45, 7) is 1.68. The molecule has 0 aliphatic carbocycles. The van der Waals surface area contributed by atoms with Crippen molar-refractivity contribution >= 4 is 17.6 Å². The van der Waals surface area contributed by atoms with Crippen molar-refractivity contribution in [3.63, 3.8) is 0 Å². The number of hydrogen-bond donors (Lipinski definition) is 0. The average Bonchev–Trinajstić information content (AvgIpc) is 1.94. The van der Waals surface area contributed by atoms with Gasteiger partial charge in [-0.25, -0.2) is 9.97 Å². The van der Waals surface area contributed by atoms with Gasteiger partial charge in [0.2, 0.25) is 0 Å². The van der Waals surface area contributed by atoms with Crippen molar-refractivity contribution in [2.24, 2.45) is 0 Å².